The van der Waals surface area contributed by atoms with Gasteiger partial charge in [-0.15, -0.1) is 11.3 Å². The van der Waals surface area contributed by atoms with Crippen LogP contribution in [0.2, 0.25) is 0 Å². The number of carbonyl (C=O) groups is 1. The van der Waals surface area contributed by atoms with Crippen LogP contribution in [0.4, 0.5) is 0 Å². The van der Waals surface area contributed by atoms with E-state index in [9.17, 15) is 9.90 Å². The van der Waals surface area contributed by atoms with Crippen molar-refractivity contribution in [3.8, 4) is 0 Å². The summed E-state index contributed by atoms with van der Waals surface area (Å²) in [6.45, 7) is 6.13. The van der Waals surface area contributed by atoms with Gasteiger partial charge in [-0.3, -0.25) is 4.79 Å². The molecule has 1 heterocycles. The third-order valence-corrected chi connectivity index (χ3v) is 4.06. The largest absolute Gasteiger partial charge is 0.391 e. The van der Waals surface area contributed by atoms with Crippen molar-refractivity contribution < 1.29 is 9.90 Å². The number of nitrogens with one attached hydrogen (secondary N) is 1. The molecule has 2 N–H and O–H groups in total. The van der Waals surface area contributed by atoms with E-state index in [0.717, 1.165) is 18.5 Å². The summed E-state index contributed by atoms with van der Waals surface area (Å²) in [5.74, 6) is 0.368. The van der Waals surface area contributed by atoms with Crippen LogP contribution in [-0.4, -0.2) is 28.6 Å². The zero-order valence-corrected chi connectivity index (χ0v) is 11.9. The standard InChI is InChI=1S/C13H20N2O2S/c1-13(2,3)9(16)6-14-12(17)11-10(8-4-5-8)15-7-18-11/h7-9,16H,4-6H2,1-3H3,(H,14,17). The molecule has 0 spiro atoms. The molecule has 1 amide bonds. The first-order chi connectivity index (χ1) is 8.39. The van der Waals surface area contributed by atoms with E-state index in [2.05, 4.69) is 10.3 Å². The molecule has 1 aromatic heterocycles. The number of nitrogens with zero attached hydrogens (tertiary/aromatic N) is 1. The molecule has 0 saturated heterocycles. The average Bonchev–Trinajstić information content (AvgIpc) is 3.02. The Labute approximate surface area is 111 Å². The minimum absolute atomic E-state index is 0.109. The molecule has 4 nitrogen and oxygen atoms in total. The van der Waals surface area contributed by atoms with E-state index in [4.69, 9.17) is 0 Å². The van der Waals surface area contributed by atoms with Crippen LogP contribution in [-0.2, 0) is 0 Å². The Balaban J connectivity index is 1.93. The molecular formula is C13H20N2O2S. The molecular weight excluding hydrogens is 248 g/mol. The Morgan fingerprint density at radius 1 is 1.61 bits per heavy atom. The normalized spacial score (nSPS) is 17.6. The van der Waals surface area contributed by atoms with Crippen LogP contribution in [0.5, 0.6) is 0 Å². The van der Waals surface area contributed by atoms with Gasteiger partial charge < -0.3 is 10.4 Å². The molecule has 1 saturated carbocycles. The fourth-order valence-corrected chi connectivity index (χ4v) is 2.44. The van der Waals surface area contributed by atoms with Crippen LogP contribution in [0.3, 0.4) is 0 Å². The molecule has 18 heavy (non-hydrogen) atoms. The molecule has 1 aliphatic carbocycles. The highest BCUT2D eigenvalue weighted by molar-refractivity contribution is 7.11. The maximum atomic E-state index is 12.0. The van der Waals surface area contributed by atoms with Crippen LogP contribution in [0.1, 0.15) is 54.9 Å². The zero-order chi connectivity index (χ0) is 13.3. The van der Waals surface area contributed by atoms with Crippen molar-refractivity contribution >= 4 is 17.2 Å². The van der Waals surface area contributed by atoms with Crippen LogP contribution in [0, 0.1) is 5.41 Å². The molecule has 2 rings (SSSR count). The number of aliphatic hydroxyl groups is 1. The second-order valence-corrected chi connectivity index (χ2v) is 6.79. The van der Waals surface area contributed by atoms with Gasteiger partial charge in [0.1, 0.15) is 4.88 Å². The van der Waals surface area contributed by atoms with Crippen molar-refractivity contribution in [2.45, 2.75) is 45.6 Å². The lowest BCUT2D eigenvalue weighted by atomic mass is 9.89. The van der Waals surface area contributed by atoms with E-state index in [-0.39, 0.29) is 17.9 Å². The number of thiazole rings is 1. The van der Waals surface area contributed by atoms with Crippen LogP contribution in [0.15, 0.2) is 5.51 Å². The summed E-state index contributed by atoms with van der Waals surface area (Å²) in [5.41, 5.74) is 2.44. The van der Waals surface area contributed by atoms with E-state index >= 15 is 0 Å². The Morgan fingerprint density at radius 2 is 2.28 bits per heavy atom. The Hall–Kier alpha value is -0.940. The van der Waals surface area contributed by atoms with Crippen LogP contribution in [0.25, 0.3) is 0 Å². The molecule has 1 unspecified atom stereocenters. The fraction of sp³-hybridized carbons (Fsp3) is 0.692. The number of rotatable bonds is 4. The van der Waals surface area contributed by atoms with Gasteiger partial charge in [-0.05, 0) is 18.3 Å². The molecule has 0 radical (unpaired) electrons. The van der Waals surface area contributed by atoms with E-state index in [1.165, 1.54) is 11.3 Å². The van der Waals surface area contributed by atoms with E-state index in [1.807, 2.05) is 20.8 Å². The number of hydrogen-bond donors (Lipinski definition) is 2. The zero-order valence-electron chi connectivity index (χ0n) is 11.1. The fourth-order valence-electron chi connectivity index (χ4n) is 1.65. The van der Waals surface area contributed by atoms with Crippen LogP contribution >= 0.6 is 11.3 Å². The monoisotopic (exact) mass is 268 g/mol. The topological polar surface area (TPSA) is 62.2 Å². The summed E-state index contributed by atoms with van der Waals surface area (Å²) in [4.78, 5) is 17.0. The van der Waals surface area contributed by atoms with Crippen molar-refractivity contribution in [2.75, 3.05) is 6.54 Å². The SMILES string of the molecule is CC(C)(C)C(O)CNC(=O)c1scnc1C1CC1. The molecule has 1 aliphatic rings. The Morgan fingerprint density at radius 3 is 2.83 bits per heavy atom. The van der Waals surface area contributed by atoms with Gasteiger partial charge in [0, 0.05) is 12.5 Å². The van der Waals surface area contributed by atoms with Gasteiger partial charge >= 0.3 is 0 Å². The van der Waals surface area contributed by atoms with Crippen molar-refractivity contribution in [2.24, 2.45) is 5.41 Å². The summed E-state index contributed by atoms with van der Waals surface area (Å²) >= 11 is 1.38. The van der Waals surface area contributed by atoms with Gasteiger partial charge in [-0.1, -0.05) is 20.8 Å². The average molecular weight is 268 g/mol. The number of hydrogen-bond acceptors (Lipinski definition) is 4. The molecule has 0 aromatic carbocycles. The molecule has 1 aromatic rings. The highest BCUT2D eigenvalue weighted by atomic mass is 32.1. The van der Waals surface area contributed by atoms with E-state index in [0.29, 0.717) is 10.8 Å². The number of aliphatic hydroxyl groups excluding tert-OH is 1. The minimum atomic E-state index is -0.543. The lowest BCUT2D eigenvalue weighted by molar-refractivity contribution is 0.0587. The molecule has 0 aliphatic heterocycles. The van der Waals surface area contributed by atoms with Gasteiger partial charge in [-0.2, -0.15) is 0 Å². The van der Waals surface area contributed by atoms with E-state index in [1.54, 1.807) is 5.51 Å². The predicted octanol–water partition coefficient (Wildman–Crippen LogP) is 2.16. The maximum absolute atomic E-state index is 12.0. The lowest BCUT2D eigenvalue weighted by Crippen LogP contribution is -2.39. The predicted molar refractivity (Wildman–Crippen MR) is 71.9 cm³/mol. The number of amides is 1. The van der Waals surface area contributed by atoms with Crippen molar-refractivity contribution in [3.63, 3.8) is 0 Å². The van der Waals surface area contributed by atoms with Gasteiger partial charge in [0.2, 0.25) is 0 Å². The van der Waals surface area contributed by atoms with Crippen LogP contribution < -0.4 is 5.32 Å². The molecule has 1 atom stereocenters. The highest BCUT2D eigenvalue weighted by Crippen LogP contribution is 2.41. The van der Waals surface area contributed by atoms with Gasteiger partial charge in [0.05, 0.1) is 17.3 Å². The summed E-state index contributed by atoms with van der Waals surface area (Å²) in [6, 6.07) is 0. The second-order valence-electron chi connectivity index (χ2n) is 5.93. The van der Waals surface area contributed by atoms with Gasteiger partial charge in [-0.25, -0.2) is 4.98 Å². The first kappa shape index (κ1) is 13.5. The van der Waals surface area contributed by atoms with Crippen molar-refractivity contribution in [1.29, 1.82) is 0 Å². The van der Waals surface area contributed by atoms with Gasteiger partial charge in [0.15, 0.2) is 0 Å². The van der Waals surface area contributed by atoms with Crippen molar-refractivity contribution in [3.05, 3.63) is 16.1 Å². The molecule has 5 heteroatoms. The van der Waals surface area contributed by atoms with E-state index < -0.39 is 6.10 Å². The van der Waals surface area contributed by atoms with Crippen molar-refractivity contribution in [1.82, 2.24) is 10.3 Å². The summed E-state index contributed by atoms with van der Waals surface area (Å²) in [5, 5.41) is 12.7. The second kappa shape index (κ2) is 4.97. The Bertz CT molecular complexity index is 432. The Kier molecular flexibility index (Phi) is 3.73. The highest BCUT2D eigenvalue weighted by Gasteiger charge is 2.31. The molecule has 0 bridgehead atoms. The van der Waals surface area contributed by atoms with Gasteiger partial charge in [0.25, 0.3) is 5.91 Å². The molecule has 1 fully saturated rings. The molecule has 100 valence electrons. The number of aromatic nitrogens is 1. The number of carbonyl (C=O) groups excluding carboxylic acids is 1. The summed E-state index contributed by atoms with van der Waals surface area (Å²) in [7, 11) is 0. The smallest absolute Gasteiger partial charge is 0.263 e. The summed E-state index contributed by atoms with van der Waals surface area (Å²) in [6.07, 6.45) is 1.72. The first-order valence-electron chi connectivity index (χ1n) is 6.29. The maximum Gasteiger partial charge on any atom is 0.263 e. The lowest BCUT2D eigenvalue weighted by Gasteiger charge is -2.25. The third-order valence-electron chi connectivity index (χ3n) is 3.22. The third kappa shape index (κ3) is 3.09. The summed E-state index contributed by atoms with van der Waals surface area (Å²) < 4.78 is 0. The quantitative estimate of drug-likeness (QED) is 0.879. The first-order valence-corrected chi connectivity index (χ1v) is 7.17. The minimum Gasteiger partial charge on any atom is -0.391 e.